The maximum absolute atomic E-state index is 6.17. The van der Waals surface area contributed by atoms with E-state index in [1.807, 2.05) is 0 Å². The zero-order valence-corrected chi connectivity index (χ0v) is 12.9. The third-order valence-electron chi connectivity index (χ3n) is 3.36. The number of rotatable bonds is 5. The van der Waals surface area contributed by atoms with Crippen molar-refractivity contribution in [2.45, 2.75) is 39.7 Å². The van der Waals surface area contributed by atoms with Gasteiger partial charge in [0.05, 0.1) is 0 Å². The van der Waals surface area contributed by atoms with Crippen molar-refractivity contribution in [1.29, 1.82) is 0 Å². The van der Waals surface area contributed by atoms with Gasteiger partial charge < -0.3 is 5.32 Å². The Labute approximate surface area is 125 Å². The third-order valence-corrected chi connectivity index (χ3v) is 3.66. The van der Waals surface area contributed by atoms with Gasteiger partial charge in [-0.15, -0.1) is 0 Å². The van der Waals surface area contributed by atoms with Crippen LogP contribution in [-0.4, -0.2) is 9.97 Å². The van der Waals surface area contributed by atoms with Gasteiger partial charge in [0.25, 0.3) is 0 Å². The van der Waals surface area contributed by atoms with E-state index in [0.29, 0.717) is 5.15 Å². The van der Waals surface area contributed by atoms with Gasteiger partial charge in [0, 0.05) is 12.1 Å². The Morgan fingerprint density at radius 2 is 1.85 bits per heavy atom. The van der Waals surface area contributed by atoms with Gasteiger partial charge in [0.1, 0.15) is 17.3 Å². The summed E-state index contributed by atoms with van der Waals surface area (Å²) in [5, 5.41) is 3.92. The van der Waals surface area contributed by atoms with Gasteiger partial charge >= 0.3 is 0 Å². The third kappa shape index (κ3) is 3.28. The fourth-order valence-corrected chi connectivity index (χ4v) is 2.63. The van der Waals surface area contributed by atoms with Crippen LogP contribution in [0.2, 0.25) is 5.15 Å². The van der Waals surface area contributed by atoms with Crippen LogP contribution in [0.3, 0.4) is 0 Å². The van der Waals surface area contributed by atoms with Crippen LogP contribution >= 0.6 is 11.6 Å². The lowest BCUT2D eigenvalue weighted by Crippen LogP contribution is -2.08. The number of aromatic nitrogens is 2. The molecular weight excluding hydrogens is 270 g/mol. The molecule has 1 heterocycles. The summed E-state index contributed by atoms with van der Waals surface area (Å²) in [5.74, 6) is 1.11. The first kappa shape index (κ1) is 14.8. The standard InChI is InChI=1S/C16H20ClN3/c1-4-12-7-5-6-8-13(12)9-18-16-14(11(2)3)15(17)19-10-20-16/h5-8,10-11H,4,9H2,1-3H3,(H,18,19,20). The maximum atomic E-state index is 6.17. The second kappa shape index (κ2) is 6.71. The van der Waals surface area contributed by atoms with E-state index in [4.69, 9.17) is 11.6 Å². The normalized spacial score (nSPS) is 10.8. The molecule has 20 heavy (non-hydrogen) atoms. The van der Waals surface area contributed by atoms with E-state index in [-0.39, 0.29) is 5.92 Å². The van der Waals surface area contributed by atoms with Gasteiger partial charge in [-0.1, -0.05) is 56.6 Å². The summed E-state index contributed by atoms with van der Waals surface area (Å²) < 4.78 is 0. The Bertz CT molecular complexity index is 582. The van der Waals surface area contributed by atoms with Gasteiger partial charge in [0.2, 0.25) is 0 Å². The summed E-state index contributed by atoms with van der Waals surface area (Å²) in [5.41, 5.74) is 3.62. The van der Waals surface area contributed by atoms with Crippen molar-refractivity contribution in [3.63, 3.8) is 0 Å². The lowest BCUT2D eigenvalue weighted by molar-refractivity contribution is 0.844. The number of hydrogen-bond donors (Lipinski definition) is 1. The monoisotopic (exact) mass is 289 g/mol. The SMILES string of the molecule is CCc1ccccc1CNc1ncnc(Cl)c1C(C)C. The molecule has 1 N–H and O–H groups in total. The number of benzene rings is 1. The zero-order chi connectivity index (χ0) is 14.5. The Morgan fingerprint density at radius 3 is 2.50 bits per heavy atom. The van der Waals surface area contributed by atoms with Crippen LogP contribution in [0.4, 0.5) is 5.82 Å². The summed E-state index contributed by atoms with van der Waals surface area (Å²) in [6, 6.07) is 8.44. The number of anilines is 1. The molecule has 0 fully saturated rings. The predicted octanol–water partition coefficient (Wildman–Crippen LogP) is 4.43. The van der Waals surface area contributed by atoms with Crippen molar-refractivity contribution in [2.24, 2.45) is 0 Å². The van der Waals surface area contributed by atoms with Crippen molar-refractivity contribution in [3.8, 4) is 0 Å². The zero-order valence-electron chi connectivity index (χ0n) is 12.2. The Hall–Kier alpha value is -1.61. The van der Waals surface area contributed by atoms with Gasteiger partial charge in [0.15, 0.2) is 0 Å². The van der Waals surface area contributed by atoms with Gasteiger partial charge in [-0.3, -0.25) is 0 Å². The van der Waals surface area contributed by atoms with E-state index in [2.05, 4.69) is 60.3 Å². The largest absolute Gasteiger partial charge is 0.366 e. The molecule has 0 amide bonds. The fourth-order valence-electron chi connectivity index (χ4n) is 2.28. The second-order valence-electron chi connectivity index (χ2n) is 5.06. The minimum Gasteiger partial charge on any atom is -0.366 e. The number of nitrogens with zero attached hydrogens (tertiary/aromatic N) is 2. The summed E-state index contributed by atoms with van der Waals surface area (Å²) in [4.78, 5) is 8.39. The molecule has 2 rings (SSSR count). The molecule has 0 bridgehead atoms. The van der Waals surface area contributed by atoms with E-state index in [1.165, 1.54) is 17.5 Å². The van der Waals surface area contributed by atoms with E-state index >= 15 is 0 Å². The molecule has 0 aliphatic heterocycles. The molecule has 0 aliphatic rings. The minimum atomic E-state index is 0.285. The minimum absolute atomic E-state index is 0.285. The summed E-state index contributed by atoms with van der Waals surface area (Å²) in [7, 11) is 0. The first-order valence-electron chi connectivity index (χ1n) is 6.94. The van der Waals surface area contributed by atoms with Gasteiger partial charge in [-0.25, -0.2) is 9.97 Å². The summed E-state index contributed by atoms with van der Waals surface area (Å²) in [6.07, 6.45) is 2.53. The van der Waals surface area contributed by atoms with Crippen LogP contribution in [0.15, 0.2) is 30.6 Å². The van der Waals surface area contributed by atoms with Crippen LogP contribution in [0.5, 0.6) is 0 Å². The molecule has 0 radical (unpaired) electrons. The van der Waals surface area contributed by atoms with E-state index in [1.54, 1.807) is 0 Å². The van der Waals surface area contributed by atoms with Crippen LogP contribution < -0.4 is 5.32 Å². The Kier molecular flexibility index (Phi) is 4.96. The smallest absolute Gasteiger partial charge is 0.138 e. The molecule has 1 aromatic heterocycles. The molecule has 4 heteroatoms. The molecular formula is C16H20ClN3. The lowest BCUT2D eigenvalue weighted by atomic mass is 10.0. The maximum Gasteiger partial charge on any atom is 0.138 e. The molecule has 0 unspecified atom stereocenters. The highest BCUT2D eigenvalue weighted by atomic mass is 35.5. The van der Waals surface area contributed by atoms with Gasteiger partial charge in [-0.2, -0.15) is 0 Å². The lowest BCUT2D eigenvalue weighted by Gasteiger charge is -2.15. The fraction of sp³-hybridized carbons (Fsp3) is 0.375. The average Bonchev–Trinajstić information content (AvgIpc) is 2.45. The van der Waals surface area contributed by atoms with E-state index in [9.17, 15) is 0 Å². The Morgan fingerprint density at radius 1 is 1.15 bits per heavy atom. The van der Waals surface area contributed by atoms with Crippen molar-refractivity contribution >= 4 is 17.4 Å². The topological polar surface area (TPSA) is 37.8 Å². The van der Waals surface area contributed by atoms with Crippen LogP contribution in [0.25, 0.3) is 0 Å². The van der Waals surface area contributed by atoms with Crippen molar-refractivity contribution < 1.29 is 0 Å². The number of aryl methyl sites for hydroxylation is 1. The molecule has 106 valence electrons. The van der Waals surface area contributed by atoms with Crippen molar-refractivity contribution in [3.05, 3.63) is 52.4 Å². The van der Waals surface area contributed by atoms with Crippen molar-refractivity contribution in [2.75, 3.05) is 5.32 Å². The number of hydrogen-bond acceptors (Lipinski definition) is 3. The summed E-state index contributed by atoms with van der Waals surface area (Å²) >= 11 is 6.17. The van der Waals surface area contributed by atoms with E-state index in [0.717, 1.165) is 24.3 Å². The molecule has 0 aliphatic carbocycles. The molecule has 1 aromatic carbocycles. The second-order valence-corrected chi connectivity index (χ2v) is 5.42. The Balaban J connectivity index is 2.21. The average molecular weight is 290 g/mol. The molecule has 0 saturated carbocycles. The first-order chi connectivity index (χ1) is 9.63. The molecule has 0 atom stereocenters. The molecule has 3 nitrogen and oxygen atoms in total. The molecule has 0 spiro atoms. The van der Waals surface area contributed by atoms with Crippen LogP contribution in [0, 0.1) is 0 Å². The molecule has 2 aromatic rings. The highest BCUT2D eigenvalue weighted by Crippen LogP contribution is 2.28. The quantitative estimate of drug-likeness (QED) is 0.828. The van der Waals surface area contributed by atoms with Crippen LogP contribution in [0.1, 0.15) is 43.4 Å². The number of nitrogens with one attached hydrogen (secondary N) is 1. The predicted molar refractivity (Wildman–Crippen MR) is 84.3 cm³/mol. The molecule has 0 saturated heterocycles. The van der Waals surface area contributed by atoms with Gasteiger partial charge in [-0.05, 0) is 23.5 Å². The summed E-state index contributed by atoms with van der Waals surface area (Å²) in [6.45, 7) is 7.10. The first-order valence-corrected chi connectivity index (χ1v) is 7.32. The highest BCUT2D eigenvalue weighted by Gasteiger charge is 2.13. The van der Waals surface area contributed by atoms with E-state index < -0.39 is 0 Å². The highest BCUT2D eigenvalue weighted by molar-refractivity contribution is 6.30. The number of halogens is 1. The van der Waals surface area contributed by atoms with Crippen molar-refractivity contribution in [1.82, 2.24) is 9.97 Å². The van der Waals surface area contributed by atoms with Crippen LogP contribution in [-0.2, 0) is 13.0 Å².